The predicted octanol–water partition coefficient (Wildman–Crippen LogP) is 2.21. The Balaban J connectivity index is 1.79. The lowest BCUT2D eigenvalue weighted by molar-refractivity contribution is 0.469. The average molecular weight is 286 g/mol. The van der Waals surface area contributed by atoms with Gasteiger partial charge in [-0.15, -0.1) is 0 Å². The highest BCUT2D eigenvalue weighted by Gasteiger charge is 2.18. The van der Waals surface area contributed by atoms with E-state index in [9.17, 15) is 4.39 Å². The first-order valence-corrected chi connectivity index (χ1v) is 7.17. The Morgan fingerprint density at radius 3 is 2.29 bits per heavy atom. The zero-order chi connectivity index (χ0) is 14.8. The molecule has 0 unspecified atom stereocenters. The van der Waals surface area contributed by atoms with Crippen LogP contribution in [0.25, 0.3) is 0 Å². The molecule has 0 aliphatic carbocycles. The smallest absolute Gasteiger partial charge is 0.223 e. The molecular formula is C16H19FN4. The first kappa shape index (κ1) is 13.9. The monoisotopic (exact) mass is 286 g/mol. The fourth-order valence-corrected chi connectivity index (χ4v) is 2.44. The Morgan fingerprint density at radius 2 is 1.76 bits per heavy atom. The molecule has 2 N–H and O–H groups in total. The summed E-state index contributed by atoms with van der Waals surface area (Å²) < 4.78 is 13.0. The molecule has 1 aromatic carbocycles. The van der Waals surface area contributed by atoms with Crippen molar-refractivity contribution in [2.45, 2.75) is 26.3 Å². The van der Waals surface area contributed by atoms with Gasteiger partial charge >= 0.3 is 0 Å². The van der Waals surface area contributed by atoms with Gasteiger partial charge in [0, 0.05) is 30.9 Å². The van der Waals surface area contributed by atoms with Gasteiger partial charge in [0.25, 0.3) is 0 Å². The van der Waals surface area contributed by atoms with Crippen LogP contribution in [-0.4, -0.2) is 29.1 Å². The van der Waals surface area contributed by atoms with Crippen molar-refractivity contribution in [3.8, 4) is 0 Å². The van der Waals surface area contributed by atoms with Crippen LogP contribution in [0.5, 0.6) is 0 Å². The summed E-state index contributed by atoms with van der Waals surface area (Å²) in [6.45, 7) is 5.91. The third-order valence-electron chi connectivity index (χ3n) is 3.83. The third kappa shape index (κ3) is 3.19. The Labute approximate surface area is 123 Å². The summed E-state index contributed by atoms with van der Waals surface area (Å²) in [5, 5.41) is 6.53. The van der Waals surface area contributed by atoms with E-state index in [2.05, 4.69) is 20.6 Å². The largest absolute Gasteiger partial charge is 0.349 e. The number of hydrogen-bond donors (Lipinski definition) is 2. The molecule has 2 heterocycles. The number of halogens is 1. The molecule has 1 saturated heterocycles. The summed E-state index contributed by atoms with van der Waals surface area (Å²) in [7, 11) is 0. The van der Waals surface area contributed by atoms with Gasteiger partial charge in [0.15, 0.2) is 0 Å². The molecule has 4 nitrogen and oxygen atoms in total. The molecule has 110 valence electrons. The number of hydrogen-bond acceptors (Lipinski definition) is 4. The van der Waals surface area contributed by atoms with Crippen molar-refractivity contribution < 1.29 is 4.39 Å². The van der Waals surface area contributed by atoms with Gasteiger partial charge in [0.2, 0.25) is 5.95 Å². The van der Waals surface area contributed by atoms with Crippen molar-refractivity contribution in [1.82, 2.24) is 15.3 Å². The van der Waals surface area contributed by atoms with Gasteiger partial charge < -0.3 is 10.6 Å². The number of nitrogens with one attached hydrogen (secondary N) is 2. The van der Waals surface area contributed by atoms with Gasteiger partial charge in [-0.2, -0.15) is 0 Å². The predicted molar refractivity (Wildman–Crippen MR) is 81.0 cm³/mol. The molecule has 2 aromatic rings. The molecule has 1 fully saturated rings. The first-order chi connectivity index (χ1) is 10.1. The van der Waals surface area contributed by atoms with Crippen molar-refractivity contribution in [2.24, 2.45) is 0 Å². The fraction of sp³-hybridized carbons (Fsp3) is 0.375. The highest BCUT2D eigenvalue weighted by atomic mass is 19.1. The first-order valence-electron chi connectivity index (χ1n) is 7.17. The van der Waals surface area contributed by atoms with Gasteiger partial charge in [-0.3, -0.25) is 0 Å². The highest BCUT2D eigenvalue weighted by molar-refractivity contribution is 5.38. The van der Waals surface area contributed by atoms with Crippen LogP contribution in [0.2, 0.25) is 0 Å². The van der Waals surface area contributed by atoms with E-state index < -0.39 is 0 Å². The normalized spacial score (nSPS) is 14.8. The van der Waals surface area contributed by atoms with Crippen LogP contribution < -0.4 is 10.6 Å². The summed E-state index contributed by atoms with van der Waals surface area (Å²) in [6, 6.07) is 7.01. The maximum atomic E-state index is 13.0. The molecule has 0 bridgehead atoms. The molecule has 0 radical (unpaired) electrons. The Hall–Kier alpha value is -2.01. The third-order valence-corrected chi connectivity index (χ3v) is 3.83. The van der Waals surface area contributed by atoms with Crippen molar-refractivity contribution in [1.29, 1.82) is 0 Å². The van der Waals surface area contributed by atoms with Crippen molar-refractivity contribution in [3.63, 3.8) is 0 Å². The van der Waals surface area contributed by atoms with Crippen molar-refractivity contribution in [3.05, 3.63) is 52.6 Å². The van der Waals surface area contributed by atoms with E-state index in [0.717, 1.165) is 42.0 Å². The highest BCUT2D eigenvalue weighted by Crippen LogP contribution is 2.18. The molecule has 5 heteroatoms. The van der Waals surface area contributed by atoms with E-state index in [1.165, 1.54) is 12.1 Å². The van der Waals surface area contributed by atoms with E-state index in [-0.39, 0.29) is 5.82 Å². The molecule has 0 spiro atoms. The Kier molecular flexibility index (Phi) is 3.84. The molecule has 0 amide bonds. The summed E-state index contributed by atoms with van der Waals surface area (Å²) in [5.41, 5.74) is 4.12. The van der Waals surface area contributed by atoms with Gasteiger partial charge in [0.1, 0.15) is 5.82 Å². The van der Waals surface area contributed by atoms with Crippen LogP contribution in [0.15, 0.2) is 24.3 Å². The van der Waals surface area contributed by atoms with Crippen LogP contribution >= 0.6 is 0 Å². The zero-order valence-corrected chi connectivity index (χ0v) is 12.3. The molecule has 21 heavy (non-hydrogen) atoms. The van der Waals surface area contributed by atoms with Gasteiger partial charge in [0.05, 0.1) is 6.04 Å². The summed E-state index contributed by atoms with van der Waals surface area (Å²) in [6.07, 6.45) is 0.725. The van der Waals surface area contributed by atoms with Crippen LogP contribution in [0, 0.1) is 19.7 Å². The lowest BCUT2D eigenvalue weighted by Gasteiger charge is -2.28. The molecule has 1 aliphatic heterocycles. The van der Waals surface area contributed by atoms with Gasteiger partial charge in [-0.25, -0.2) is 14.4 Å². The fourth-order valence-electron chi connectivity index (χ4n) is 2.44. The second-order valence-corrected chi connectivity index (χ2v) is 5.50. The van der Waals surface area contributed by atoms with Crippen LogP contribution in [0.3, 0.4) is 0 Å². The minimum atomic E-state index is -0.211. The SMILES string of the molecule is Cc1nc(NC2CNC2)nc(C)c1Cc1ccc(F)cc1. The van der Waals surface area contributed by atoms with E-state index in [4.69, 9.17) is 0 Å². The van der Waals surface area contributed by atoms with Crippen molar-refractivity contribution in [2.75, 3.05) is 18.4 Å². The zero-order valence-electron chi connectivity index (χ0n) is 12.3. The number of nitrogens with zero attached hydrogens (tertiary/aromatic N) is 2. The number of aromatic nitrogens is 2. The summed E-state index contributed by atoms with van der Waals surface area (Å²) >= 11 is 0. The maximum Gasteiger partial charge on any atom is 0.223 e. The standard InChI is InChI=1S/C16H19FN4/c1-10-15(7-12-3-5-13(17)6-4-12)11(2)20-16(19-10)21-14-8-18-9-14/h3-6,14,18H,7-9H2,1-2H3,(H,19,20,21). The summed E-state index contributed by atoms with van der Waals surface area (Å²) in [5.74, 6) is 0.483. The van der Waals surface area contributed by atoms with Crippen LogP contribution in [0.1, 0.15) is 22.5 Å². The molecule has 0 saturated carbocycles. The van der Waals surface area contributed by atoms with Crippen LogP contribution in [0.4, 0.5) is 10.3 Å². The number of rotatable bonds is 4. The minimum Gasteiger partial charge on any atom is -0.349 e. The Morgan fingerprint density at radius 1 is 1.14 bits per heavy atom. The number of anilines is 1. The maximum absolute atomic E-state index is 13.0. The number of benzene rings is 1. The van der Waals surface area contributed by atoms with Gasteiger partial charge in [-0.1, -0.05) is 12.1 Å². The van der Waals surface area contributed by atoms with E-state index in [1.54, 1.807) is 12.1 Å². The number of aryl methyl sites for hydroxylation is 2. The topological polar surface area (TPSA) is 49.8 Å². The summed E-state index contributed by atoms with van der Waals surface area (Å²) in [4.78, 5) is 9.09. The van der Waals surface area contributed by atoms with E-state index in [0.29, 0.717) is 12.0 Å². The molecular weight excluding hydrogens is 267 g/mol. The molecule has 0 atom stereocenters. The van der Waals surface area contributed by atoms with E-state index >= 15 is 0 Å². The van der Waals surface area contributed by atoms with Crippen LogP contribution in [-0.2, 0) is 6.42 Å². The minimum absolute atomic E-state index is 0.211. The second-order valence-electron chi connectivity index (χ2n) is 5.50. The van der Waals surface area contributed by atoms with Gasteiger partial charge in [-0.05, 0) is 37.1 Å². The molecule has 3 rings (SSSR count). The molecule has 1 aromatic heterocycles. The second kappa shape index (κ2) is 5.77. The average Bonchev–Trinajstić information content (AvgIpc) is 2.40. The van der Waals surface area contributed by atoms with Crippen molar-refractivity contribution >= 4 is 5.95 Å². The molecule has 1 aliphatic rings. The Bertz CT molecular complexity index is 612. The lowest BCUT2D eigenvalue weighted by Crippen LogP contribution is -2.51. The lowest BCUT2D eigenvalue weighted by atomic mass is 10.0. The van der Waals surface area contributed by atoms with E-state index in [1.807, 2.05) is 13.8 Å². The quantitative estimate of drug-likeness (QED) is 0.905.